The van der Waals surface area contributed by atoms with Gasteiger partial charge in [0.1, 0.15) is 0 Å². The van der Waals surface area contributed by atoms with Crippen molar-refractivity contribution >= 4 is 11.8 Å². The maximum atomic E-state index is 2.41. The predicted molar refractivity (Wildman–Crippen MR) is 70.4 cm³/mol. The molecule has 2 saturated carbocycles. The fourth-order valence-electron chi connectivity index (χ4n) is 2.84. The molecule has 2 rings (SSSR count). The summed E-state index contributed by atoms with van der Waals surface area (Å²) in [5.41, 5.74) is 0.548. The Kier molecular flexibility index (Phi) is 3.70. The van der Waals surface area contributed by atoms with E-state index in [0.29, 0.717) is 5.41 Å². The van der Waals surface area contributed by atoms with Gasteiger partial charge in [-0.15, -0.1) is 0 Å². The summed E-state index contributed by atoms with van der Waals surface area (Å²) in [7, 11) is 0. The zero-order chi connectivity index (χ0) is 10.9. The number of thioether (sulfide) groups is 1. The zero-order valence-electron chi connectivity index (χ0n) is 10.6. The Morgan fingerprint density at radius 2 is 1.33 bits per heavy atom. The second-order valence-corrected chi connectivity index (χ2v) is 8.13. The van der Waals surface area contributed by atoms with Crippen LogP contribution in [0, 0.1) is 11.3 Å². The van der Waals surface area contributed by atoms with Crippen molar-refractivity contribution in [3.05, 3.63) is 0 Å². The third-order valence-electron chi connectivity index (χ3n) is 4.34. The van der Waals surface area contributed by atoms with Crippen molar-refractivity contribution in [3.8, 4) is 0 Å². The van der Waals surface area contributed by atoms with Crippen LogP contribution in [0.4, 0.5) is 0 Å². The molecular weight excluding hydrogens is 200 g/mol. The molecule has 0 unspecified atom stereocenters. The molecule has 0 bridgehead atoms. The van der Waals surface area contributed by atoms with Crippen LogP contribution in [0.15, 0.2) is 0 Å². The first-order valence-corrected chi connectivity index (χ1v) is 7.65. The topological polar surface area (TPSA) is 0 Å². The van der Waals surface area contributed by atoms with Gasteiger partial charge in [-0.2, -0.15) is 11.8 Å². The minimum Gasteiger partial charge on any atom is -0.155 e. The van der Waals surface area contributed by atoms with Crippen molar-refractivity contribution in [2.75, 3.05) is 0 Å². The van der Waals surface area contributed by atoms with Crippen LogP contribution in [0.5, 0.6) is 0 Å². The average molecular weight is 226 g/mol. The maximum absolute atomic E-state index is 2.41. The molecule has 15 heavy (non-hydrogen) atoms. The van der Waals surface area contributed by atoms with E-state index in [9.17, 15) is 0 Å². The molecule has 2 fully saturated rings. The minimum absolute atomic E-state index is 0.548. The van der Waals surface area contributed by atoms with Crippen LogP contribution in [0.25, 0.3) is 0 Å². The van der Waals surface area contributed by atoms with E-state index in [-0.39, 0.29) is 0 Å². The summed E-state index contributed by atoms with van der Waals surface area (Å²) in [5, 5.41) is 2.05. The lowest BCUT2D eigenvalue weighted by Gasteiger charge is -2.38. The Morgan fingerprint density at radius 1 is 0.800 bits per heavy atom. The maximum Gasteiger partial charge on any atom is 0.00500 e. The molecule has 0 aromatic heterocycles. The molecule has 2 aliphatic carbocycles. The van der Waals surface area contributed by atoms with Crippen LogP contribution in [0.1, 0.15) is 65.7 Å². The summed E-state index contributed by atoms with van der Waals surface area (Å²) in [5.74, 6) is 0.982. The molecule has 0 heterocycles. The zero-order valence-corrected chi connectivity index (χ0v) is 11.4. The van der Waals surface area contributed by atoms with Crippen LogP contribution in [0.3, 0.4) is 0 Å². The Labute approximate surface area is 99.6 Å². The lowest BCUT2D eigenvalue weighted by molar-refractivity contribution is 0.182. The number of hydrogen-bond donors (Lipinski definition) is 0. The van der Waals surface area contributed by atoms with Gasteiger partial charge in [0.05, 0.1) is 0 Å². The smallest absolute Gasteiger partial charge is 0.00500 e. The van der Waals surface area contributed by atoms with Crippen molar-refractivity contribution in [1.82, 2.24) is 0 Å². The number of rotatable bonds is 2. The Bertz CT molecular complexity index is 192. The first kappa shape index (κ1) is 11.8. The molecule has 0 spiro atoms. The average Bonchev–Trinajstić information content (AvgIpc) is 2.11. The van der Waals surface area contributed by atoms with E-state index >= 15 is 0 Å². The lowest BCUT2D eigenvalue weighted by atomic mass is 9.72. The molecule has 0 saturated heterocycles. The Morgan fingerprint density at radius 3 is 1.73 bits per heavy atom. The molecule has 2 aliphatic rings. The molecular formula is C14H26S. The third kappa shape index (κ3) is 3.15. The molecule has 88 valence electrons. The first-order valence-electron chi connectivity index (χ1n) is 6.71. The van der Waals surface area contributed by atoms with E-state index < -0.39 is 0 Å². The first-order chi connectivity index (χ1) is 7.05. The van der Waals surface area contributed by atoms with E-state index in [0.717, 1.165) is 16.4 Å². The van der Waals surface area contributed by atoms with Crippen molar-refractivity contribution in [1.29, 1.82) is 0 Å². The highest BCUT2D eigenvalue weighted by molar-refractivity contribution is 8.00. The van der Waals surface area contributed by atoms with Gasteiger partial charge in [0.25, 0.3) is 0 Å². The largest absolute Gasteiger partial charge is 0.155 e. The second kappa shape index (κ2) is 4.69. The van der Waals surface area contributed by atoms with E-state index in [2.05, 4.69) is 32.5 Å². The third-order valence-corrected chi connectivity index (χ3v) is 6.05. The van der Waals surface area contributed by atoms with Crippen LogP contribution >= 0.6 is 11.8 Å². The van der Waals surface area contributed by atoms with Crippen LogP contribution in [-0.4, -0.2) is 10.5 Å². The molecule has 0 aromatic rings. The highest BCUT2D eigenvalue weighted by Gasteiger charge is 2.31. The van der Waals surface area contributed by atoms with Gasteiger partial charge in [-0.1, -0.05) is 27.2 Å². The summed E-state index contributed by atoms with van der Waals surface area (Å²) in [6.45, 7) is 7.24. The van der Waals surface area contributed by atoms with Crippen molar-refractivity contribution in [2.45, 2.75) is 76.2 Å². The van der Waals surface area contributed by atoms with Gasteiger partial charge >= 0.3 is 0 Å². The van der Waals surface area contributed by atoms with Gasteiger partial charge in [-0.3, -0.25) is 0 Å². The van der Waals surface area contributed by atoms with Gasteiger partial charge in [0.2, 0.25) is 0 Å². The molecule has 0 amide bonds. The summed E-state index contributed by atoms with van der Waals surface area (Å²) in [6, 6.07) is 0. The molecule has 0 N–H and O–H groups in total. The van der Waals surface area contributed by atoms with Gasteiger partial charge in [-0.05, 0) is 49.9 Å². The van der Waals surface area contributed by atoms with E-state index in [1.54, 1.807) is 0 Å². The molecule has 0 nitrogen and oxygen atoms in total. The van der Waals surface area contributed by atoms with Crippen molar-refractivity contribution in [2.24, 2.45) is 11.3 Å². The van der Waals surface area contributed by atoms with Gasteiger partial charge in [-0.25, -0.2) is 0 Å². The van der Waals surface area contributed by atoms with Crippen LogP contribution in [-0.2, 0) is 0 Å². The normalized spacial score (nSPS) is 33.8. The highest BCUT2D eigenvalue weighted by Crippen LogP contribution is 2.44. The van der Waals surface area contributed by atoms with Gasteiger partial charge in [0.15, 0.2) is 0 Å². The van der Waals surface area contributed by atoms with E-state index in [4.69, 9.17) is 0 Å². The van der Waals surface area contributed by atoms with Crippen LogP contribution < -0.4 is 0 Å². The standard InChI is InChI=1S/C14H26S/c1-14(2,3)11-7-9-13(10-8-11)15-12-5-4-6-12/h11-13H,4-10H2,1-3H3. The van der Waals surface area contributed by atoms with Crippen LogP contribution in [0.2, 0.25) is 0 Å². The fourth-order valence-corrected chi connectivity index (χ4v) is 4.54. The molecule has 0 aliphatic heterocycles. The predicted octanol–water partition coefficient (Wildman–Crippen LogP) is 4.88. The molecule has 0 atom stereocenters. The van der Waals surface area contributed by atoms with E-state index in [1.807, 2.05) is 0 Å². The molecule has 1 heteroatoms. The highest BCUT2D eigenvalue weighted by atomic mass is 32.2. The minimum atomic E-state index is 0.548. The lowest BCUT2D eigenvalue weighted by Crippen LogP contribution is -2.28. The summed E-state index contributed by atoms with van der Waals surface area (Å²) < 4.78 is 0. The van der Waals surface area contributed by atoms with Crippen molar-refractivity contribution < 1.29 is 0 Å². The Hall–Kier alpha value is 0.350. The molecule has 0 radical (unpaired) electrons. The SMILES string of the molecule is CC(C)(C)C1CCC(SC2CCC2)CC1. The quantitative estimate of drug-likeness (QED) is 0.647. The van der Waals surface area contributed by atoms with Crippen molar-refractivity contribution in [3.63, 3.8) is 0 Å². The monoisotopic (exact) mass is 226 g/mol. The Balaban J connectivity index is 1.71. The fraction of sp³-hybridized carbons (Fsp3) is 1.00. The number of hydrogen-bond acceptors (Lipinski definition) is 1. The van der Waals surface area contributed by atoms with Gasteiger partial charge in [0, 0.05) is 10.5 Å². The summed E-state index contributed by atoms with van der Waals surface area (Å²) in [4.78, 5) is 0. The summed E-state index contributed by atoms with van der Waals surface area (Å²) in [6.07, 6.45) is 10.4. The second-order valence-electron chi connectivity index (χ2n) is 6.53. The molecule has 0 aromatic carbocycles. The summed E-state index contributed by atoms with van der Waals surface area (Å²) >= 11 is 2.32. The van der Waals surface area contributed by atoms with E-state index in [1.165, 1.54) is 44.9 Å². The van der Waals surface area contributed by atoms with Gasteiger partial charge < -0.3 is 0 Å².